The average molecular weight is 273 g/mol. The van der Waals surface area contributed by atoms with Gasteiger partial charge in [-0.2, -0.15) is 13.2 Å². The zero-order valence-electron chi connectivity index (χ0n) is 10.8. The van der Waals surface area contributed by atoms with E-state index in [9.17, 15) is 13.2 Å². The van der Waals surface area contributed by atoms with E-state index in [1.165, 1.54) is 6.07 Å². The summed E-state index contributed by atoms with van der Waals surface area (Å²) in [4.78, 5) is 0. The fourth-order valence-electron chi connectivity index (χ4n) is 2.66. The Hall–Kier alpha value is -2.03. The van der Waals surface area contributed by atoms with Crippen LogP contribution < -0.4 is 0 Å². The van der Waals surface area contributed by atoms with Gasteiger partial charge in [-0.3, -0.25) is 0 Å². The highest BCUT2D eigenvalue weighted by Gasteiger charge is 2.36. The monoisotopic (exact) mass is 273 g/mol. The lowest BCUT2D eigenvalue weighted by molar-refractivity contribution is -0.137. The molecule has 0 nitrogen and oxygen atoms in total. The van der Waals surface area contributed by atoms with Crippen LogP contribution in [0.1, 0.15) is 29.2 Å². The first-order valence-corrected chi connectivity index (χ1v) is 6.30. The van der Waals surface area contributed by atoms with Gasteiger partial charge in [-0.15, -0.1) is 0 Å². The molecule has 0 unspecified atom stereocenters. The zero-order chi connectivity index (χ0) is 14.3. The van der Waals surface area contributed by atoms with Crippen LogP contribution in [0.4, 0.5) is 13.2 Å². The van der Waals surface area contributed by atoms with Crippen molar-refractivity contribution in [3.8, 4) is 0 Å². The van der Waals surface area contributed by atoms with Crippen molar-refractivity contribution in [2.45, 2.75) is 13.1 Å². The van der Waals surface area contributed by atoms with Gasteiger partial charge in [0.05, 0.1) is 5.56 Å². The van der Waals surface area contributed by atoms with E-state index in [1.807, 2.05) is 36.8 Å². The third kappa shape index (κ3) is 2.03. The van der Waals surface area contributed by atoms with Gasteiger partial charge in [0.25, 0.3) is 0 Å². The van der Waals surface area contributed by atoms with E-state index in [2.05, 4.69) is 0 Å². The number of halogens is 3. The molecule has 1 aliphatic carbocycles. The molecule has 0 saturated carbocycles. The Labute approximate surface area is 115 Å². The summed E-state index contributed by atoms with van der Waals surface area (Å²) in [5.74, 6) is 0. The molecule has 0 aliphatic heterocycles. The molecule has 0 bridgehead atoms. The van der Waals surface area contributed by atoms with Crippen molar-refractivity contribution in [2.24, 2.45) is 0 Å². The number of alkyl halides is 3. The van der Waals surface area contributed by atoms with Crippen molar-refractivity contribution in [1.29, 1.82) is 0 Å². The maximum absolute atomic E-state index is 13.1. The topological polar surface area (TPSA) is 0 Å². The number of hydrogen-bond donors (Lipinski definition) is 0. The lowest BCUT2D eigenvalue weighted by atomic mass is 9.98. The van der Waals surface area contributed by atoms with Crippen molar-refractivity contribution in [3.05, 3.63) is 77.2 Å². The van der Waals surface area contributed by atoms with Gasteiger partial charge in [0, 0.05) is 6.42 Å². The van der Waals surface area contributed by atoms with E-state index in [0.717, 1.165) is 17.2 Å². The smallest absolute Gasteiger partial charge is 0.166 e. The average Bonchev–Trinajstić information content (AvgIpc) is 2.76. The molecule has 2 aromatic carbocycles. The Balaban J connectivity index is 2.18. The number of hydrogen-bond acceptors (Lipinski definition) is 0. The summed E-state index contributed by atoms with van der Waals surface area (Å²) in [5.41, 5.74) is 2.86. The van der Waals surface area contributed by atoms with Crippen LogP contribution in [0.15, 0.2) is 48.5 Å². The van der Waals surface area contributed by atoms with Gasteiger partial charge in [-0.05, 0) is 40.8 Å². The maximum Gasteiger partial charge on any atom is 0.417 e. The SMILES string of the molecule is CC1=C(c2ccccc2)[CH]c2cccc(C(F)(F)F)c21. The van der Waals surface area contributed by atoms with Crippen molar-refractivity contribution in [3.63, 3.8) is 0 Å². The molecule has 20 heavy (non-hydrogen) atoms. The summed E-state index contributed by atoms with van der Waals surface area (Å²) in [5, 5.41) is 0. The second kappa shape index (κ2) is 4.51. The standard InChI is InChI=1S/C17H12F3/c1-11-14(12-6-3-2-4-7-12)10-13-8-5-9-15(16(11)13)17(18,19)20/h2-10H,1H3. The summed E-state index contributed by atoms with van der Waals surface area (Å²) in [6.45, 7) is 1.75. The molecule has 0 fully saturated rings. The molecule has 3 rings (SSSR count). The molecule has 101 valence electrons. The Kier molecular flexibility index (Phi) is 2.93. The summed E-state index contributed by atoms with van der Waals surface area (Å²) >= 11 is 0. The zero-order valence-corrected chi connectivity index (χ0v) is 10.8. The first-order valence-electron chi connectivity index (χ1n) is 6.30. The minimum atomic E-state index is -4.33. The highest BCUT2D eigenvalue weighted by molar-refractivity contribution is 6.02. The van der Waals surface area contributed by atoms with Gasteiger partial charge in [-0.1, -0.05) is 42.5 Å². The minimum Gasteiger partial charge on any atom is -0.166 e. The molecule has 0 amide bonds. The number of fused-ring (bicyclic) bond motifs is 1. The van der Waals surface area contributed by atoms with Crippen LogP contribution in [0.5, 0.6) is 0 Å². The number of allylic oxidation sites excluding steroid dienone is 2. The van der Waals surface area contributed by atoms with Crippen molar-refractivity contribution in [2.75, 3.05) is 0 Å². The predicted octanol–water partition coefficient (Wildman–Crippen LogP) is 5.20. The maximum atomic E-state index is 13.1. The van der Waals surface area contributed by atoms with Crippen LogP contribution in [-0.4, -0.2) is 0 Å². The molecule has 0 heterocycles. The van der Waals surface area contributed by atoms with Crippen LogP contribution in [-0.2, 0) is 6.18 Å². The first kappa shape index (κ1) is 13.0. The fourth-order valence-corrected chi connectivity index (χ4v) is 2.66. The number of benzene rings is 2. The third-order valence-corrected chi connectivity index (χ3v) is 3.57. The van der Waals surface area contributed by atoms with Crippen LogP contribution in [0, 0.1) is 6.42 Å². The predicted molar refractivity (Wildman–Crippen MR) is 73.8 cm³/mol. The highest BCUT2D eigenvalue weighted by Crippen LogP contribution is 2.45. The van der Waals surface area contributed by atoms with E-state index < -0.39 is 11.7 Å². The van der Waals surface area contributed by atoms with Crippen LogP contribution in [0.3, 0.4) is 0 Å². The third-order valence-electron chi connectivity index (χ3n) is 3.57. The summed E-state index contributed by atoms with van der Waals surface area (Å²) in [6, 6.07) is 13.8. The van der Waals surface area contributed by atoms with E-state index in [-0.39, 0.29) is 0 Å². The van der Waals surface area contributed by atoms with Crippen molar-refractivity contribution in [1.82, 2.24) is 0 Å². The second-order valence-electron chi connectivity index (χ2n) is 4.82. The molecule has 0 spiro atoms. The first-order chi connectivity index (χ1) is 9.48. The van der Waals surface area contributed by atoms with Gasteiger partial charge in [-0.25, -0.2) is 0 Å². The van der Waals surface area contributed by atoms with Gasteiger partial charge in [0.15, 0.2) is 0 Å². The Morgan fingerprint density at radius 1 is 0.850 bits per heavy atom. The molecular formula is C17H12F3. The van der Waals surface area contributed by atoms with E-state index in [1.54, 1.807) is 13.0 Å². The Bertz CT molecular complexity index is 679. The molecule has 3 heteroatoms. The van der Waals surface area contributed by atoms with Crippen LogP contribution in [0.25, 0.3) is 11.1 Å². The Morgan fingerprint density at radius 3 is 2.20 bits per heavy atom. The van der Waals surface area contributed by atoms with Gasteiger partial charge < -0.3 is 0 Å². The minimum absolute atomic E-state index is 0.304. The normalized spacial score (nSPS) is 14.6. The van der Waals surface area contributed by atoms with E-state index in [0.29, 0.717) is 16.7 Å². The molecule has 1 radical (unpaired) electrons. The molecule has 0 aromatic heterocycles. The largest absolute Gasteiger partial charge is 0.417 e. The molecule has 0 saturated heterocycles. The summed E-state index contributed by atoms with van der Waals surface area (Å²) < 4.78 is 39.3. The Morgan fingerprint density at radius 2 is 1.55 bits per heavy atom. The highest BCUT2D eigenvalue weighted by atomic mass is 19.4. The molecular weight excluding hydrogens is 261 g/mol. The quantitative estimate of drug-likeness (QED) is 0.669. The van der Waals surface area contributed by atoms with Crippen molar-refractivity contribution < 1.29 is 13.2 Å². The number of rotatable bonds is 1. The molecule has 0 atom stereocenters. The lowest BCUT2D eigenvalue weighted by Gasteiger charge is -2.12. The molecule has 2 aromatic rings. The lowest BCUT2D eigenvalue weighted by Crippen LogP contribution is -2.08. The van der Waals surface area contributed by atoms with Crippen molar-refractivity contribution >= 4 is 11.1 Å². The second-order valence-corrected chi connectivity index (χ2v) is 4.82. The van der Waals surface area contributed by atoms with Gasteiger partial charge >= 0.3 is 6.18 Å². The van der Waals surface area contributed by atoms with E-state index >= 15 is 0 Å². The molecule has 1 aliphatic rings. The summed E-state index contributed by atoms with van der Waals surface area (Å²) in [7, 11) is 0. The molecule has 0 N–H and O–H groups in total. The van der Waals surface area contributed by atoms with Gasteiger partial charge in [0.1, 0.15) is 0 Å². The summed E-state index contributed by atoms with van der Waals surface area (Å²) in [6.07, 6.45) is -2.50. The van der Waals surface area contributed by atoms with Crippen LogP contribution >= 0.6 is 0 Å². The van der Waals surface area contributed by atoms with E-state index in [4.69, 9.17) is 0 Å². The fraction of sp³-hybridized carbons (Fsp3) is 0.118. The van der Waals surface area contributed by atoms with Gasteiger partial charge in [0.2, 0.25) is 0 Å². The van der Waals surface area contributed by atoms with Crippen LogP contribution in [0.2, 0.25) is 0 Å².